The maximum Gasteiger partial charge on any atom is 0.472 e. The lowest BCUT2D eigenvalue weighted by Gasteiger charge is -2.21. The first kappa shape index (κ1) is 89.0. The van der Waals surface area contributed by atoms with Gasteiger partial charge in [-0.1, -0.05) is 258 Å². The van der Waals surface area contributed by atoms with Crippen molar-refractivity contribution in [2.24, 2.45) is 0 Å². The number of phosphoric acid groups is 2. The van der Waals surface area contributed by atoms with Gasteiger partial charge in [-0.25, -0.2) is 9.13 Å². The maximum absolute atomic E-state index is 12.9. The number of hydrogen-bond donors (Lipinski definition) is 4. The third kappa shape index (κ3) is 69.1. The van der Waals surface area contributed by atoms with E-state index in [1.807, 2.05) is 0 Å². The molecule has 5 atom stereocenters. The Morgan fingerprint density at radius 2 is 0.570 bits per heavy atom. The summed E-state index contributed by atoms with van der Waals surface area (Å²) in [5, 5.41) is 20.6. The summed E-state index contributed by atoms with van der Waals surface area (Å²) in [6.45, 7) is 2.37. The van der Waals surface area contributed by atoms with Crippen LogP contribution >= 0.6 is 15.6 Å². The second kappa shape index (κ2) is 67.9. The first-order chi connectivity index (χ1) is 45.2. The van der Waals surface area contributed by atoms with Crippen molar-refractivity contribution in [3.63, 3.8) is 0 Å². The lowest BCUT2D eigenvalue weighted by Crippen LogP contribution is -2.30. The standard InChI is InChI=1S/C75H128O16P2/c1-4-7-10-13-16-19-22-24-26-28-29-30-31-32-33-34-35-36-37-38-39-41-43-44-47-49-52-55-58-61-73(78)85-64-70(76)65-87-92(81,82)88-66-71(77)67-89-93(83,84)90-69-72(91-75(80)63-60-57-54-51-46-21-18-15-12-9-6-3)68-86-74(79)62-59-56-53-50-48-45-42-40-27-25-23-20-17-14-11-8-5-2/h7-8,10-11,15-20,24-27,29-30,32-33,35-36,70-72,76-77H,4-6,9,12-14,21-23,28,31,34,37-69H2,1-3H3,(H,81,82)(H,83,84)/b10-7-,11-8-,18-15-,19-16-,20-17-,26-24-,27-25-,30-29-,33-32-,36-35-. The van der Waals surface area contributed by atoms with E-state index in [2.05, 4.69) is 142 Å². The third-order valence-electron chi connectivity index (χ3n) is 14.7. The van der Waals surface area contributed by atoms with Crippen LogP contribution in [0.3, 0.4) is 0 Å². The monoisotopic (exact) mass is 1350 g/mol. The zero-order valence-electron chi connectivity index (χ0n) is 57.9. The molecule has 0 bridgehead atoms. The average molecular weight is 1350 g/mol. The van der Waals surface area contributed by atoms with Crippen LogP contribution in [0.15, 0.2) is 122 Å². The minimum absolute atomic E-state index is 0.0905. The second-order valence-corrected chi connectivity index (χ2v) is 26.5. The largest absolute Gasteiger partial charge is 0.472 e. The fourth-order valence-corrected chi connectivity index (χ4v) is 10.8. The lowest BCUT2D eigenvalue weighted by atomic mass is 10.1. The van der Waals surface area contributed by atoms with E-state index in [0.717, 1.165) is 173 Å². The summed E-state index contributed by atoms with van der Waals surface area (Å²) in [5.74, 6) is -1.60. The average Bonchev–Trinajstić information content (AvgIpc) is 2.42. The molecule has 0 aromatic heterocycles. The number of hydrogen-bond acceptors (Lipinski definition) is 14. The lowest BCUT2D eigenvalue weighted by molar-refractivity contribution is -0.161. The molecule has 0 fully saturated rings. The van der Waals surface area contributed by atoms with E-state index in [0.29, 0.717) is 19.3 Å². The van der Waals surface area contributed by atoms with Crippen molar-refractivity contribution in [2.45, 2.75) is 296 Å². The van der Waals surface area contributed by atoms with Crippen molar-refractivity contribution in [1.29, 1.82) is 0 Å². The van der Waals surface area contributed by atoms with Crippen LogP contribution in [0.2, 0.25) is 0 Å². The molecule has 5 unspecified atom stereocenters. The van der Waals surface area contributed by atoms with Gasteiger partial charge >= 0.3 is 33.6 Å². The van der Waals surface area contributed by atoms with Crippen molar-refractivity contribution in [3.8, 4) is 0 Å². The van der Waals surface area contributed by atoms with E-state index < -0.39 is 91.5 Å². The van der Waals surface area contributed by atoms with Crippen molar-refractivity contribution in [1.82, 2.24) is 0 Å². The molecule has 93 heavy (non-hydrogen) atoms. The molecule has 0 heterocycles. The quantitative estimate of drug-likeness (QED) is 0.0146. The number of ether oxygens (including phenoxy) is 3. The van der Waals surface area contributed by atoms with Crippen molar-refractivity contribution in [3.05, 3.63) is 122 Å². The minimum Gasteiger partial charge on any atom is -0.463 e. The Morgan fingerprint density at radius 1 is 0.312 bits per heavy atom. The van der Waals surface area contributed by atoms with Crippen LogP contribution in [0.5, 0.6) is 0 Å². The van der Waals surface area contributed by atoms with Crippen molar-refractivity contribution >= 4 is 33.6 Å². The second-order valence-electron chi connectivity index (χ2n) is 23.6. The molecule has 0 aromatic carbocycles. The van der Waals surface area contributed by atoms with Gasteiger partial charge in [-0.2, -0.15) is 0 Å². The Hall–Kier alpha value is -4.05. The molecule has 0 aliphatic heterocycles. The SMILES string of the molecule is CC/C=C\C/C=C\C/C=C\C/C=C\C/C=C\C/C=C\CCCCCCCCCCCCC(=O)OCC(O)COP(=O)(O)OCC(O)COP(=O)(O)OCC(COC(=O)CCCCCCCCC/C=C\C/C=C\C/C=C\CC)OC(=O)CCCCCCC/C=C\CCCC. The number of esters is 3. The topological polar surface area (TPSA) is 231 Å². The highest BCUT2D eigenvalue weighted by Crippen LogP contribution is 2.45. The molecule has 534 valence electrons. The predicted molar refractivity (Wildman–Crippen MR) is 380 cm³/mol. The summed E-state index contributed by atoms with van der Waals surface area (Å²) in [7, 11) is -9.78. The molecule has 4 N–H and O–H groups in total. The number of carbonyl (C=O) groups excluding carboxylic acids is 3. The molecular formula is C75H128O16P2. The highest BCUT2D eigenvalue weighted by Gasteiger charge is 2.29. The molecule has 0 spiro atoms. The summed E-state index contributed by atoms with van der Waals surface area (Å²) in [5.41, 5.74) is 0. The van der Waals surface area contributed by atoms with Gasteiger partial charge in [0.1, 0.15) is 25.4 Å². The van der Waals surface area contributed by atoms with Crippen LogP contribution in [-0.4, -0.2) is 95.9 Å². The highest BCUT2D eigenvalue weighted by atomic mass is 31.2. The van der Waals surface area contributed by atoms with Crippen LogP contribution < -0.4 is 0 Å². The Balaban J connectivity index is 4.45. The maximum atomic E-state index is 12.9. The molecule has 0 amide bonds. The number of rotatable bonds is 67. The predicted octanol–water partition coefficient (Wildman–Crippen LogP) is 20.2. The van der Waals surface area contributed by atoms with Gasteiger partial charge in [0.15, 0.2) is 6.10 Å². The zero-order valence-corrected chi connectivity index (χ0v) is 59.7. The van der Waals surface area contributed by atoms with Crippen LogP contribution in [0.1, 0.15) is 278 Å². The number of phosphoric ester groups is 2. The molecule has 0 aromatic rings. The normalized spacial score (nSPS) is 14.9. The molecule has 0 aliphatic rings. The highest BCUT2D eigenvalue weighted by molar-refractivity contribution is 7.47. The van der Waals surface area contributed by atoms with Crippen LogP contribution in [0.25, 0.3) is 0 Å². The third-order valence-corrected chi connectivity index (χ3v) is 16.6. The van der Waals surface area contributed by atoms with E-state index in [4.69, 9.17) is 32.3 Å². The van der Waals surface area contributed by atoms with Gasteiger partial charge in [-0.3, -0.25) is 32.5 Å². The van der Waals surface area contributed by atoms with Gasteiger partial charge < -0.3 is 34.2 Å². The Kier molecular flexibility index (Phi) is 65.0. The first-order valence-corrected chi connectivity index (χ1v) is 38.8. The van der Waals surface area contributed by atoms with Crippen LogP contribution in [0.4, 0.5) is 0 Å². The Labute approximate surface area is 563 Å². The summed E-state index contributed by atoms with van der Waals surface area (Å²) in [6.07, 6.45) is 78.4. The Bertz CT molecular complexity index is 2180. The van der Waals surface area contributed by atoms with Gasteiger partial charge in [-0.05, 0) is 122 Å². The number of aliphatic hydroxyl groups is 2. The van der Waals surface area contributed by atoms with Gasteiger partial charge in [0.25, 0.3) is 0 Å². The summed E-state index contributed by atoms with van der Waals surface area (Å²) in [4.78, 5) is 58.3. The summed E-state index contributed by atoms with van der Waals surface area (Å²) < 4.78 is 60.9. The molecule has 0 aliphatic carbocycles. The summed E-state index contributed by atoms with van der Waals surface area (Å²) in [6, 6.07) is 0. The number of aliphatic hydroxyl groups excluding tert-OH is 2. The van der Waals surface area contributed by atoms with E-state index in [9.17, 15) is 43.5 Å². The minimum atomic E-state index is -4.93. The molecule has 0 radical (unpaired) electrons. The molecule has 0 saturated heterocycles. The number of allylic oxidation sites excluding steroid dienone is 20. The van der Waals surface area contributed by atoms with E-state index >= 15 is 0 Å². The number of carbonyl (C=O) groups is 3. The zero-order chi connectivity index (χ0) is 68.1. The van der Waals surface area contributed by atoms with E-state index in [1.165, 1.54) is 44.9 Å². The fourth-order valence-electron chi connectivity index (χ4n) is 9.22. The molecule has 0 saturated carbocycles. The van der Waals surface area contributed by atoms with Crippen LogP contribution in [0, 0.1) is 0 Å². The van der Waals surface area contributed by atoms with Crippen molar-refractivity contribution < 1.29 is 75.8 Å². The van der Waals surface area contributed by atoms with E-state index in [1.54, 1.807) is 0 Å². The van der Waals surface area contributed by atoms with Crippen LogP contribution in [-0.2, 0) is 55.8 Å². The summed E-state index contributed by atoms with van der Waals surface area (Å²) >= 11 is 0. The van der Waals surface area contributed by atoms with Gasteiger partial charge in [0, 0.05) is 19.3 Å². The number of unbranched alkanes of at least 4 members (excludes halogenated alkanes) is 24. The fraction of sp³-hybridized carbons (Fsp3) is 0.693. The van der Waals surface area contributed by atoms with Crippen molar-refractivity contribution in [2.75, 3.05) is 39.6 Å². The van der Waals surface area contributed by atoms with Gasteiger partial charge in [-0.15, -0.1) is 0 Å². The Morgan fingerprint density at radius 3 is 0.914 bits per heavy atom. The first-order valence-electron chi connectivity index (χ1n) is 35.8. The molecule has 16 nitrogen and oxygen atoms in total. The van der Waals surface area contributed by atoms with Gasteiger partial charge in [0.05, 0.1) is 26.4 Å². The molecule has 18 heteroatoms. The molecular weight excluding hydrogens is 1220 g/mol. The van der Waals surface area contributed by atoms with Gasteiger partial charge in [0.2, 0.25) is 0 Å². The van der Waals surface area contributed by atoms with E-state index in [-0.39, 0.29) is 19.3 Å². The molecule has 0 rings (SSSR count). The smallest absolute Gasteiger partial charge is 0.463 e.